The number of carbonyl (C=O) groups excluding carboxylic acids is 1. The number of fused-ring (bicyclic) bond motifs is 1. The van der Waals surface area contributed by atoms with Crippen molar-refractivity contribution in [1.82, 2.24) is 24.6 Å². The van der Waals surface area contributed by atoms with Crippen molar-refractivity contribution in [3.63, 3.8) is 0 Å². The number of aliphatic carboxylic acids is 1. The number of hydrogen-bond acceptors (Lipinski definition) is 5. The number of benzene rings is 1. The molecule has 9 nitrogen and oxygen atoms in total. The highest BCUT2D eigenvalue weighted by molar-refractivity contribution is 5.81. The van der Waals surface area contributed by atoms with Crippen LogP contribution in [0.15, 0.2) is 41.6 Å². The topological polar surface area (TPSA) is 119 Å². The number of rotatable bonds is 5. The van der Waals surface area contributed by atoms with Gasteiger partial charge in [0.15, 0.2) is 5.65 Å². The van der Waals surface area contributed by atoms with E-state index in [0.717, 1.165) is 15.8 Å². The van der Waals surface area contributed by atoms with Gasteiger partial charge < -0.3 is 10.4 Å². The molecule has 3 rings (SSSR count). The number of carboxylic acid groups (broad SMARTS) is 1. The first-order chi connectivity index (χ1) is 12.0. The number of aromatic nitrogens is 4. The Kier molecular flexibility index (Phi) is 4.29. The summed E-state index contributed by atoms with van der Waals surface area (Å²) in [5, 5.41) is 15.2. The lowest BCUT2D eigenvalue weighted by atomic mass is 10.2. The van der Waals surface area contributed by atoms with Crippen LogP contribution >= 0.6 is 0 Å². The van der Waals surface area contributed by atoms with E-state index in [0.29, 0.717) is 5.65 Å². The van der Waals surface area contributed by atoms with E-state index in [1.807, 2.05) is 31.2 Å². The van der Waals surface area contributed by atoms with Crippen LogP contribution < -0.4 is 10.9 Å². The SMILES string of the molecule is Cc1ccc(-n2ncc3c(=O)n(CC(=O)NCC(=O)O)cnc32)cc1. The summed E-state index contributed by atoms with van der Waals surface area (Å²) < 4.78 is 2.66. The summed E-state index contributed by atoms with van der Waals surface area (Å²) in [6.45, 7) is 1.15. The van der Waals surface area contributed by atoms with Crippen molar-refractivity contribution in [2.45, 2.75) is 13.5 Å². The lowest BCUT2D eigenvalue weighted by molar-refractivity contribution is -0.138. The standard InChI is InChI=1S/C16H15N5O4/c1-10-2-4-11(5-3-10)21-15-12(6-19-21)16(25)20(9-18-15)8-13(22)17-7-14(23)24/h2-6,9H,7-8H2,1H3,(H,17,22)(H,23,24). The summed E-state index contributed by atoms with van der Waals surface area (Å²) in [6, 6.07) is 7.59. The minimum atomic E-state index is -1.16. The molecule has 0 radical (unpaired) electrons. The molecule has 3 aromatic rings. The normalized spacial score (nSPS) is 10.8. The molecular formula is C16H15N5O4. The van der Waals surface area contributed by atoms with Crippen LogP contribution in [0.5, 0.6) is 0 Å². The Labute approximate surface area is 141 Å². The number of carbonyl (C=O) groups is 2. The molecule has 0 spiro atoms. The average Bonchev–Trinajstić information content (AvgIpc) is 3.01. The first kappa shape index (κ1) is 16.4. The van der Waals surface area contributed by atoms with Crippen LogP contribution in [0.3, 0.4) is 0 Å². The molecule has 2 aromatic heterocycles. The fourth-order valence-corrected chi connectivity index (χ4v) is 2.32. The Morgan fingerprint density at radius 3 is 2.64 bits per heavy atom. The van der Waals surface area contributed by atoms with Crippen LogP contribution in [-0.2, 0) is 16.1 Å². The lowest BCUT2D eigenvalue weighted by Gasteiger charge is -2.06. The van der Waals surface area contributed by atoms with E-state index in [9.17, 15) is 14.4 Å². The van der Waals surface area contributed by atoms with Gasteiger partial charge in [-0.05, 0) is 19.1 Å². The van der Waals surface area contributed by atoms with Crippen LogP contribution in [0.4, 0.5) is 0 Å². The third kappa shape index (κ3) is 3.39. The molecule has 0 bridgehead atoms. The molecule has 9 heteroatoms. The van der Waals surface area contributed by atoms with Gasteiger partial charge in [0.05, 0.1) is 11.9 Å². The highest BCUT2D eigenvalue weighted by atomic mass is 16.4. The molecule has 0 unspecified atom stereocenters. The molecule has 25 heavy (non-hydrogen) atoms. The Bertz CT molecular complexity index is 1000. The van der Waals surface area contributed by atoms with Gasteiger partial charge in [0.2, 0.25) is 5.91 Å². The molecular weight excluding hydrogens is 326 g/mol. The number of aryl methyl sites for hydroxylation is 1. The minimum Gasteiger partial charge on any atom is -0.480 e. The van der Waals surface area contributed by atoms with Gasteiger partial charge in [-0.15, -0.1) is 0 Å². The predicted molar refractivity (Wildman–Crippen MR) is 88.5 cm³/mol. The first-order valence-electron chi connectivity index (χ1n) is 7.44. The molecule has 0 aliphatic rings. The highest BCUT2D eigenvalue weighted by Gasteiger charge is 2.13. The van der Waals surface area contributed by atoms with Gasteiger partial charge in [0, 0.05) is 0 Å². The van der Waals surface area contributed by atoms with E-state index in [1.165, 1.54) is 12.5 Å². The van der Waals surface area contributed by atoms with Crippen molar-refractivity contribution in [2.75, 3.05) is 6.54 Å². The summed E-state index contributed by atoms with van der Waals surface area (Å²) in [6.07, 6.45) is 2.65. The summed E-state index contributed by atoms with van der Waals surface area (Å²) in [5.41, 5.74) is 1.83. The van der Waals surface area contributed by atoms with Crippen molar-refractivity contribution in [3.05, 3.63) is 52.7 Å². The van der Waals surface area contributed by atoms with Gasteiger partial charge in [0.1, 0.15) is 24.8 Å². The lowest BCUT2D eigenvalue weighted by Crippen LogP contribution is -2.35. The van der Waals surface area contributed by atoms with E-state index in [4.69, 9.17) is 5.11 Å². The van der Waals surface area contributed by atoms with Crippen molar-refractivity contribution in [3.8, 4) is 5.69 Å². The Balaban J connectivity index is 1.91. The smallest absolute Gasteiger partial charge is 0.322 e. The maximum Gasteiger partial charge on any atom is 0.322 e. The van der Waals surface area contributed by atoms with E-state index < -0.39 is 24.0 Å². The molecule has 0 saturated heterocycles. The molecule has 0 fully saturated rings. The number of nitrogens with one attached hydrogen (secondary N) is 1. The average molecular weight is 341 g/mol. The van der Waals surface area contributed by atoms with Crippen LogP contribution in [0, 0.1) is 6.92 Å². The number of amides is 1. The Morgan fingerprint density at radius 1 is 1.24 bits per heavy atom. The zero-order chi connectivity index (χ0) is 18.0. The summed E-state index contributed by atoms with van der Waals surface area (Å²) in [5.74, 6) is -1.75. The highest BCUT2D eigenvalue weighted by Crippen LogP contribution is 2.14. The monoisotopic (exact) mass is 341 g/mol. The zero-order valence-corrected chi connectivity index (χ0v) is 13.3. The van der Waals surface area contributed by atoms with Gasteiger partial charge in [-0.25, -0.2) is 9.67 Å². The number of carboxylic acids is 1. The molecule has 0 aliphatic heterocycles. The van der Waals surface area contributed by atoms with E-state index in [2.05, 4.69) is 15.4 Å². The largest absolute Gasteiger partial charge is 0.480 e. The maximum atomic E-state index is 12.5. The van der Waals surface area contributed by atoms with Gasteiger partial charge in [-0.1, -0.05) is 17.7 Å². The van der Waals surface area contributed by atoms with Gasteiger partial charge >= 0.3 is 5.97 Å². The second-order valence-corrected chi connectivity index (χ2v) is 5.48. The number of nitrogens with zero attached hydrogens (tertiary/aromatic N) is 4. The summed E-state index contributed by atoms with van der Waals surface area (Å²) >= 11 is 0. The van der Waals surface area contributed by atoms with Crippen LogP contribution in [0.2, 0.25) is 0 Å². The van der Waals surface area contributed by atoms with Crippen LogP contribution in [0.25, 0.3) is 16.7 Å². The molecule has 2 N–H and O–H groups in total. The van der Waals surface area contributed by atoms with Crippen LogP contribution in [0.1, 0.15) is 5.56 Å². The van der Waals surface area contributed by atoms with E-state index in [-0.39, 0.29) is 11.9 Å². The maximum absolute atomic E-state index is 12.5. The molecule has 128 valence electrons. The fourth-order valence-electron chi connectivity index (χ4n) is 2.32. The van der Waals surface area contributed by atoms with Crippen LogP contribution in [-0.4, -0.2) is 42.9 Å². The molecule has 0 aliphatic carbocycles. The third-order valence-electron chi connectivity index (χ3n) is 3.58. The minimum absolute atomic E-state index is 0.272. The Morgan fingerprint density at radius 2 is 1.96 bits per heavy atom. The molecule has 1 aromatic carbocycles. The number of hydrogen-bond donors (Lipinski definition) is 2. The van der Waals surface area contributed by atoms with Crippen molar-refractivity contribution in [1.29, 1.82) is 0 Å². The molecule has 1 amide bonds. The van der Waals surface area contributed by atoms with Crippen molar-refractivity contribution in [2.24, 2.45) is 0 Å². The zero-order valence-electron chi connectivity index (χ0n) is 13.3. The second kappa shape index (κ2) is 6.56. The molecule has 2 heterocycles. The second-order valence-electron chi connectivity index (χ2n) is 5.48. The van der Waals surface area contributed by atoms with Crippen molar-refractivity contribution < 1.29 is 14.7 Å². The fraction of sp³-hybridized carbons (Fsp3) is 0.188. The first-order valence-corrected chi connectivity index (χ1v) is 7.44. The van der Waals surface area contributed by atoms with Gasteiger partial charge in [-0.2, -0.15) is 5.10 Å². The molecule has 0 saturated carbocycles. The summed E-state index contributed by atoms with van der Waals surface area (Å²) in [7, 11) is 0. The van der Waals surface area contributed by atoms with Gasteiger partial charge in [0.25, 0.3) is 5.56 Å². The van der Waals surface area contributed by atoms with E-state index >= 15 is 0 Å². The van der Waals surface area contributed by atoms with E-state index in [1.54, 1.807) is 4.68 Å². The predicted octanol–water partition coefficient (Wildman–Crippen LogP) is 0.0914. The van der Waals surface area contributed by atoms with Gasteiger partial charge in [-0.3, -0.25) is 19.0 Å². The quantitative estimate of drug-likeness (QED) is 0.679. The van der Waals surface area contributed by atoms with Crippen molar-refractivity contribution >= 4 is 22.9 Å². The third-order valence-corrected chi connectivity index (χ3v) is 3.58. The summed E-state index contributed by atoms with van der Waals surface area (Å²) in [4.78, 5) is 38.8. The Hall–Kier alpha value is -3.49. The molecule has 0 atom stereocenters.